The summed E-state index contributed by atoms with van der Waals surface area (Å²) >= 11 is 0. The molecule has 3 rings (SSSR count). The number of rotatable bonds is 5. The number of aromatic nitrogens is 4. The summed E-state index contributed by atoms with van der Waals surface area (Å²) in [6.45, 7) is 1.51. The molecule has 0 bridgehead atoms. The maximum atomic E-state index is 5.30. The van der Waals surface area contributed by atoms with Gasteiger partial charge in [-0.05, 0) is 18.2 Å². The number of aryl methyl sites for hydroxylation is 1. The molecule has 0 aliphatic carbocycles. The average Bonchev–Trinajstić information content (AvgIpc) is 3.09. The molecule has 0 radical (unpaired) electrons. The van der Waals surface area contributed by atoms with Crippen LogP contribution in [0.15, 0.2) is 41.3 Å². The quantitative estimate of drug-likeness (QED) is 0.729. The first-order chi connectivity index (χ1) is 9.31. The molecule has 3 aromatic heterocycles. The first-order valence-electron chi connectivity index (χ1n) is 6.07. The van der Waals surface area contributed by atoms with Crippen molar-refractivity contribution >= 4 is 0 Å². The fraction of sp³-hybridized carbons (Fsp3) is 0.231. The Morgan fingerprint density at radius 1 is 1.42 bits per heavy atom. The lowest BCUT2D eigenvalue weighted by atomic mass is 10.3. The number of nitrogens with one attached hydrogen (secondary N) is 2. The van der Waals surface area contributed by atoms with E-state index in [1.54, 1.807) is 10.9 Å². The molecule has 0 spiro atoms. The molecule has 3 aromatic rings. The van der Waals surface area contributed by atoms with Gasteiger partial charge in [-0.1, -0.05) is 0 Å². The number of furan rings is 1. The van der Waals surface area contributed by atoms with Gasteiger partial charge in [-0.25, -0.2) is 0 Å². The monoisotopic (exact) mass is 257 g/mol. The molecule has 6 heteroatoms. The number of nitrogens with zero attached hydrogens (tertiary/aromatic N) is 3. The van der Waals surface area contributed by atoms with Gasteiger partial charge in [0, 0.05) is 37.6 Å². The Hall–Kier alpha value is -2.34. The van der Waals surface area contributed by atoms with Gasteiger partial charge in [0.1, 0.15) is 5.69 Å². The molecule has 0 aliphatic rings. The van der Waals surface area contributed by atoms with E-state index in [0.29, 0.717) is 0 Å². The van der Waals surface area contributed by atoms with Crippen LogP contribution < -0.4 is 5.32 Å². The van der Waals surface area contributed by atoms with Crippen LogP contribution in [0, 0.1) is 0 Å². The van der Waals surface area contributed by atoms with Crippen LogP contribution in [0.4, 0.5) is 0 Å². The Kier molecular flexibility index (Phi) is 3.16. The van der Waals surface area contributed by atoms with Crippen LogP contribution in [0.3, 0.4) is 0 Å². The summed E-state index contributed by atoms with van der Waals surface area (Å²) in [5, 5.41) is 14.7. The van der Waals surface area contributed by atoms with Crippen molar-refractivity contribution in [1.29, 1.82) is 0 Å². The zero-order valence-electron chi connectivity index (χ0n) is 10.6. The predicted molar refractivity (Wildman–Crippen MR) is 70.0 cm³/mol. The SMILES string of the molecule is Cn1cc(CNCc2cc(-c3ccco3)n[nH]2)cn1. The van der Waals surface area contributed by atoms with E-state index in [1.807, 2.05) is 37.6 Å². The molecule has 0 unspecified atom stereocenters. The number of hydrogen-bond donors (Lipinski definition) is 2. The zero-order valence-corrected chi connectivity index (χ0v) is 10.6. The highest BCUT2D eigenvalue weighted by molar-refractivity contribution is 5.51. The average molecular weight is 257 g/mol. The van der Waals surface area contributed by atoms with Crippen molar-refractivity contribution in [3.8, 4) is 11.5 Å². The van der Waals surface area contributed by atoms with Gasteiger partial charge < -0.3 is 9.73 Å². The van der Waals surface area contributed by atoms with Crippen molar-refractivity contribution in [2.45, 2.75) is 13.1 Å². The molecule has 6 nitrogen and oxygen atoms in total. The zero-order chi connectivity index (χ0) is 13.1. The van der Waals surface area contributed by atoms with Gasteiger partial charge in [-0.2, -0.15) is 10.2 Å². The summed E-state index contributed by atoms with van der Waals surface area (Å²) < 4.78 is 7.09. The van der Waals surface area contributed by atoms with E-state index < -0.39 is 0 Å². The number of aromatic amines is 1. The van der Waals surface area contributed by atoms with Crippen LogP contribution in [0.2, 0.25) is 0 Å². The molecule has 98 valence electrons. The maximum Gasteiger partial charge on any atom is 0.154 e. The molecular weight excluding hydrogens is 242 g/mol. The van der Waals surface area contributed by atoms with Crippen LogP contribution in [-0.2, 0) is 20.1 Å². The lowest BCUT2D eigenvalue weighted by molar-refractivity contribution is 0.580. The molecule has 0 fully saturated rings. The van der Waals surface area contributed by atoms with Crippen LogP contribution >= 0.6 is 0 Å². The molecular formula is C13H15N5O. The van der Waals surface area contributed by atoms with E-state index in [9.17, 15) is 0 Å². The van der Waals surface area contributed by atoms with Crippen molar-refractivity contribution in [2.24, 2.45) is 7.05 Å². The second-order valence-electron chi connectivity index (χ2n) is 4.38. The molecule has 0 aliphatic heterocycles. The van der Waals surface area contributed by atoms with Crippen molar-refractivity contribution in [1.82, 2.24) is 25.3 Å². The second-order valence-corrected chi connectivity index (χ2v) is 4.38. The van der Waals surface area contributed by atoms with E-state index in [1.165, 1.54) is 0 Å². The summed E-state index contributed by atoms with van der Waals surface area (Å²) in [6.07, 6.45) is 5.49. The van der Waals surface area contributed by atoms with Gasteiger partial charge >= 0.3 is 0 Å². The lowest BCUT2D eigenvalue weighted by Crippen LogP contribution is -2.12. The standard InChI is InChI=1S/C13H15N5O/c1-18-9-10(7-15-18)6-14-8-11-5-12(17-16-11)13-3-2-4-19-13/h2-5,7,9,14H,6,8H2,1H3,(H,16,17). The smallest absolute Gasteiger partial charge is 0.154 e. The lowest BCUT2D eigenvalue weighted by Gasteiger charge is -1.99. The fourth-order valence-electron chi connectivity index (χ4n) is 1.91. The molecule has 0 aromatic carbocycles. The van der Waals surface area contributed by atoms with E-state index in [2.05, 4.69) is 20.6 Å². The van der Waals surface area contributed by atoms with E-state index in [-0.39, 0.29) is 0 Å². The molecule has 2 N–H and O–H groups in total. The third-order valence-corrected chi connectivity index (χ3v) is 2.81. The van der Waals surface area contributed by atoms with E-state index in [4.69, 9.17) is 4.42 Å². The first kappa shape index (κ1) is 11.7. The van der Waals surface area contributed by atoms with Gasteiger partial charge in [0.05, 0.1) is 12.5 Å². The molecule has 3 heterocycles. The van der Waals surface area contributed by atoms with Crippen LogP contribution in [0.1, 0.15) is 11.3 Å². The minimum atomic E-state index is 0.725. The molecule has 0 amide bonds. The van der Waals surface area contributed by atoms with Gasteiger partial charge in [0.15, 0.2) is 5.76 Å². The van der Waals surface area contributed by atoms with E-state index >= 15 is 0 Å². The highest BCUT2D eigenvalue weighted by atomic mass is 16.3. The summed E-state index contributed by atoms with van der Waals surface area (Å²) in [4.78, 5) is 0. The third kappa shape index (κ3) is 2.74. The van der Waals surface area contributed by atoms with Crippen molar-refractivity contribution in [3.63, 3.8) is 0 Å². The summed E-state index contributed by atoms with van der Waals surface area (Å²) in [5.74, 6) is 0.773. The second kappa shape index (κ2) is 5.11. The van der Waals surface area contributed by atoms with Crippen LogP contribution in [-0.4, -0.2) is 20.0 Å². The van der Waals surface area contributed by atoms with Crippen molar-refractivity contribution < 1.29 is 4.42 Å². The Morgan fingerprint density at radius 2 is 2.37 bits per heavy atom. The van der Waals surface area contributed by atoms with Gasteiger partial charge in [-0.3, -0.25) is 9.78 Å². The minimum Gasteiger partial charge on any atom is -0.463 e. The largest absolute Gasteiger partial charge is 0.463 e. The normalized spacial score (nSPS) is 11.0. The topological polar surface area (TPSA) is 71.7 Å². The fourth-order valence-corrected chi connectivity index (χ4v) is 1.91. The predicted octanol–water partition coefficient (Wildman–Crippen LogP) is 1.69. The molecule has 0 atom stereocenters. The van der Waals surface area contributed by atoms with Crippen LogP contribution in [0.25, 0.3) is 11.5 Å². The summed E-state index contributed by atoms with van der Waals surface area (Å²) in [6, 6.07) is 5.72. The Balaban J connectivity index is 1.56. The minimum absolute atomic E-state index is 0.725. The van der Waals surface area contributed by atoms with Gasteiger partial charge in [0.2, 0.25) is 0 Å². The summed E-state index contributed by atoms with van der Waals surface area (Å²) in [7, 11) is 1.91. The van der Waals surface area contributed by atoms with Gasteiger partial charge in [0.25, 0.3) is 0 Å². The Labute approximate surface area is 110 Å². The molecule has 0 saturated carbocycles. The highest BCUT2D eigenvalue weighted by Gasteiger charge is 2.05. The number of H-pyrrole nitrogens is 1. The van der Waals surface area contributed by atoms with Crippen molar-refractivity contribution in [2.75, 3.05) is 0 Å². The Bertz CT molecular complexity index is 638. The Morgan fingerprint density at radius 3 is 3.11 bits per heavy atom. The number of hydrogen-bond acceptors (Lipinski definition) is 4. The van der Waals surface area contributed by atoms with Gasteiger partial charge in [-0.15, -0.1) is 0 Å². The van der Waals surface area contributed by atoms with Crippen molar-refractivity contribution in [3.05, 3.63) is 48.1 Å². The maximum absolute atomic E-state index is 5.30. The van der Waals surface area contributed by atoms with Crippen LogP contribution in [0.5, 0.6) is 0 Å². The molecule has 19 heavy (non-hydrogen) atoms. The first-order valence-corrected chi connectivity index (χ1v) is 6.07. The third-order valence-electron chi connectivity index (χ3n) is 2.81. The molecule has 0 saturated heterocycles. The summed E-state index contributed by atoms with van der Waals surface area (Å²) in [5.41, 5.74) is 3.01. The van der Waals surface area contributed by atoms with E-state index in [0.717, 1.165) is 35.8 Å². The highest BCUT2D eigenvalue weighted by Crippen LogP contribution is 2.17.